The SMILES string of the molecule is CCCCCCC/C=C\CCCCCCCC(=O)OCCCCCCCCCCC/C=C\C/C=C\CCCCCCCCCCCCCCCCCCCC(=O)NC(CO)C(O)CCCCCCCCCCCCCCCCCCCCCCCCC. The smallest absolute Gasteiger partial charge is 0.305 e. The summed E-state index contributed by atoms with van der Waals surface area (Å²) in [6.45, 7) is 4.98. The summed E-state index contributed by atoms with van der Waals surface area (Å²) in [6.07, 6.45) is 99.5. The quantitative estimate of drug-likeness (QED) is 0.0320. The molecule has 1 amide bonds. The summed E-state index contributed by atoms with van der Waals surface area (Å²) in [5.41, 5.74) is 0. The van der Waals surface area contributed by atoms with Crippen molar-refractivity contribution in [2.24, 2.45) is 0 Å². The highest BCUT2D eigenvalue weighted by Gasteiger charge is 2.20. The summed E-state index contributed by atoms with van der Waals surface area (Å²) in [4.78, 5) is 24.6. The van der Waals surface area contributed by atoms with Gasteiger partial charge in [-0.05, 0) is 83.5 Å². The summed E-state index contributed by atoms with van der Waals surface area (Å²) in [5, 5.41) is 23.5. The van der Waals surface area contributed by atoms with Crippen LogP contribution in [0.5, 0.6) is 0 Å². The van der Waals surface area contributed by atoms with Crippen molar-refractivity contribution in [3.05, 3.63) is 36.5 Å². The fraction of sp³-hybridized carbons (Fsp3) is 0.901. The van der Waals surface area contributed by atoms with Gasteiger partial charge < -0.3 is 20.3 Å². The second-order valence-corrected chi connectivity index (χ2v) is 27.4. The Bertz CT molecular complexity index is 1410. The number of carbonyl (C=O) groups excluding carboxylic acids is 2. The largest absolute Gasteiger partial charge is 0.466 e. The number of nitrogens with one attached hydrogen (secondary N) is 1. The molecule has 0 fully saturated rings. The minimum absolute atomic E-state index is 0.00633. The van der Waals surface area contributed by atoms with Crippen molar-refractivity contribution in [1.82, 2.24) is 5.32 Å². The molecule has 6 heteroatoms. The molecule has 0 saturated heterocycles. The molecule has 2 unspecified atom stereocenters. The fourth-order valence-corrected chi connectivity index (χ4v) is 12.6. The van der Waals surface area contributed by atoms with E-state index in [1.165, 1.54) is 360 Å². The number of rotatable bonds is 75. The second kappa shape index (κ2) is 76.5. The Morgan fingerprint density at radius 1 is 0.322 bits per heavy atom. The standard InChI is InChI=1S/C81H155NO5/c1-3-5-7-9-11-13-15-17-19-20-21-22-34-37-40-43-46-49-53-57-61-65-69-73-79(84)78(77-83)82-80(85)74-70-66-62-58-54-50-47-44-41-38-35-32-30-28-26-24-23-25-27-29-31-33-36-39-42-45-48-52-56-60-64-68-72-76-87-81(86)75-71-67-63-59-55-51-18-16-14-12-10-8-6-4-2/h16,18,27,29,33,36,78-79,83-84H,3-15,17,19-26,28,30-32,34-35,37-77H2,1-2H3,(H,82,85)/b18-16-,29-27-,36-33-. The first-order valence-corrected chi connectivity index (χ1v) is 39.7. The first-order chi connectivity index (χ1) is 43.0. The molecular weight excluding hydrogens is 1070 g/mol. The van der Waals surface area contributed by atoms with Crippen molar-refractivity contribution in [2.75, 3.05) is 13.2 Å². The van der Waals surface area contributed by atoms with Crippen LogP contribution in [-0.2, 0) is 14.3 Å². The molecule has 2 atom stereocenters. The Morgan fingerprint density at radius 2 is 0.575 bits per heavy atom. The minimum atomic E-state index is -0.665. The number of amides is 1. The van der Waals surface area contributed by atoms with Gasteiger partial charge in [0.25, 0.3) is 0 Å². The molecule has 0 spiro atoms. The third-order valence-corrected chi connectivity index (χ3v) is 18.7. The number of unbranched alkanes of at least 4 members (excludes halogenated alkanes) is 58. The van der Waals surface area contributed by atoms with Gasteiger partial charge >= 0.3 is 5.97 Å². The predicted octanol–water partition coefficient (Wildman–Crippen LogP) is 26.2. The highest BCUT2D eigenvalue weighted by atomic mass is 16.5. The average molecular weight is 1220 g/mol. The van der Waals surface area contributed by atoms with Crippen molar-refractivity contribution in [3.8, 4) is 0 Å². The van der Waals surface area contributed by atoms with Gasteiger partial charge in [0.2, 0.25) is 5.91 Å². The topological polar surface area (TPSA) is 95.9 Å². The van der Waals surface area contributed by atoms with E-state index in [0.29, 0.717) is 25.9 Å². The molecule has 87 heavy (non-hydrogen) atoms. The van der Waals surface area contributed by atoms with Crippen LogP contribution in [-0.4, -0.2) is 47.4 Å². The van der Waals surface area contributed by atoms with Crippen LogP contribution >= 0.6 is 0 Å². The van der Waals surface area contributed by atoms with E-state index in [4.69, 9.17) is 4.74 Å². The lowest BCUT2D eigenvalue weighted by atomic mass is 10.0. The summed E-state index contributed by atoms with van der Waals surface area (Å²) in [7, 11) is 0. The molecule has 0 rings (SSSR count). The monoisotopic (exact) mass is 1220 g/mol. The van der Waals surface area contributed by atoms with E-state index >= 15 is 0 Å². The number of aliphatic hydroxyl groups is 2. The summed E-state index contributed by atoms with van der Waals surface area (Å²) in [6, 6.07) is -0.542. The normalized spacial score (nSPS) is 12.6. The second-order valence-electron chi connectivity index (χ2n) is 27.4. The number of hydrogen-bond donors (Lipinski definition) is 3. The van der Waals surface area contributed by atoms with Gasteiger partial charge in [-0.1, -0.05) is 384 Å². The van der Waals surface area contributed by atoms with E-state index < -0.39 is 12.1 Å². The lowest BCUT2D eigenvalue weighted by Gasteiger charge is -2.22. The zero-order valence-corrected chi connectivity index (χ0v) is 59.0. The number of ether oxygens (including phenoxy) is 1. The maximum Gasteiger partial charge on any atom is 0.305 e. The molecule has 0 aromatic carbocycles. The maximum absolute atomic E-state index is 12.6. The van der Waals surface area contributed by atoms with Crippen molar-refractivity contribution in [2.45, 2.75) is 456 Å². The van der Waals surface area contributed by atoms with Crippen molar-refractivity contribution >= 4 is 11.9 Å². The van der Waals surface area contributed by atoms with E-state index in [-0.39, 0.29) is 18.5 Å². The fourth-order valence-electron chi connectivity index (χ4n) is 12.6. The molecule has 0 heterocycles. The molecule has 0 saturated carbocycles. The molecule has 0 bridgehead atoms. The minimum Gasteiger partial charge on any atom is -0.466 e. The Labute approximate surface area is 544 Å². The summed E-state index contributed by atoms with van der Waals surface area (Å²) in [5.74, 6) is -0.0215. The number of allylic oxidation sites excluding steroid dienone is 6. The molecule has 0 radical (unpaired) electrons. The third kappa shape index (κ3) is 73.0. The van der Waals surface area contributed by atoms with Gasteiger partial charge in [0.1, 0.15) is 0 Å². The van der Waals surface area contributed by atoms with E-state index in [0.717, 1.165) is 51.4 Å². The summed E-state index contributed by atoms with van der Waals surface area (Å²) < 4.78 is 5.49. The molecule has 6 nitrogen and oxygen atoms in total. The van der Waals surface area contributed by atoms with Gasteiger partial charge in [-0.15, -0.1) is 0 Å². The van der Waals surface area contributed by atoms with Crippen LogP contribution in [0.3, 0.4) is 0 Å². The van der Waals surface area contributed by atoms with Crippen LogP contribution in [0.4, 0.5) is 0 Å². The highest BCUT2D eigenvalue weighted by molar-refractivity contribution is 5.76. The lowest BCUT2D eigenvalue weighted by Crippen LogP contribution is -2.45. The Morgan fingerprint density at radius 3 is 0.885 bits per heavy atom. The van der Waals surface area contributed by atoms with Gasteiger partial charge in [-0.3, -0.25) is 9.59 Å². The Balaban J connectivity index is 3.38. The first kappa shape index (κ1) is 85.1. The zero-order chi connectivity index (χ0) is 62.8. The van der Waals surface area contributed by atoms with Gasteiger partial charge in [-0.25, -0.2) is 0 Å². The van der Waals surface area contributed by atoms with E-state index in [1.54, 1.807) is 0 Å². The molecule has 0 aromatic rings. The molecule has 0 aliphatic heterocycles. The molecule has 0 aromatic heterocycles. The Kier molecular flexibility index (Phi) is 74.8. The number of esters is 1. The van der Waals surface area contributed by atoms with Crippen LogP contribution in [0.1, 0.15) is 444 Å². The van der Waals surface area contributed by atoms with E-state index in [1.807, 2.05) is 0 Å². The van der Waals surface area contributed by atoms with Crippen LogP contribution < -0.4 is 5.32 Å². The third-order valence-electron chi connectivity index (χ3n) is 18.7. The maximum atomic E-state index is 12.6. The van der Waals surface area contributed by atoms with Crippen molar-refractivity contribution in [3.63, 3.8) is 0 Å². The molecule has 3 N–H and O–H groups in total. The first-order valence-electron chi connectivity index (χ1n) is 39.7. The van der Waals surface area contributed by atoms with Crippen molar-refractivity contribution in [1.29, 1.82) is 0 Å². The van der Waals surface area contributed by atoms with Gasteiger partial charge in [-0.2, -0.15) is 0 Å². The average Bonchev–Trinajstić information content (AvgIpc) is 3.52. The van der Waals surface area contributed by atoms with Crippen molar-refractivity contribution < 1.29 is 24.5 Å². The van der Waals surface area contributed by atoms with E-state index in [9.17, 15) is 19.8 Å². The molecule has 0 aliphatic carbocycles. The number of carbonyl (C=O) groups is 2. The van der Waals surface area contributed by atoms with Crippen LogP contribution in [0, 0.1) is 0 Å². The van der Waals surface area contributed by atoms with Crippen LogP contribution in [0.15, 0.2) is 36.5 Å². The number of aliphatic hydroxyl groups excluding tert-OH is 2. The number of hydrogen-bond acceptors (Lipinski definition) is 5. The van der Waals surface area contributed by atoms with E-state index in [2.05, 4.69) is 55.6 Å². The lowest BCUT2D eigenvalue weighted by molar-refractivity contribution is -0.143. The molecular formula is C81H155NO5. The van der Waals surface area contributed by atoms with Gasteiger partial charge in [0.05, 0.1) is 25.4 Å². The Hall–Kier alpha value is -1.92. The summed E-state index contributed by atoms with van der Waals surface area (Å²) >= 11 is 0. The molecule has 514 valence electrons. The zero-order valence-electron chi connectivity index (χ0n) is 59.0. The molecule has 0 aliphatic rings. The van der Waals surface area contributed by atoms with Crippen LogP contribution in [0.2, 0.25) is 0 Å². The predicted molar refractivity (Wildman–Crippen MR) is 384 cm³/mol. The van der Waals surface area contributed by atoms with Gasteiger partial charge in [0.15, 0.2) is 0 Å². The highest BCUT2D eigenvalue weighted by Crippen LogP contribution is 2.20. The van der Waals surface area contributed by atoms with Crippen LogP contribution in [0.25, 0.3) is 0 Å². The van der Waals surface area contributed by atoms with Gasteiger partial charge in [0, 0.05) is 12.8 Å².